The number of hydrogen-bond acceptors (Lipinski definition) is 4. The van der Waals surface area contributed by atoms with Gasteiger partial charge in [0.1, 0.15) is 5.78 Å². The molecule has 0 saturated carbocycles. The van der Waals surface area contributed by atoms with Gasteiger partial charge in [0, 0.05) is 25.1 Å². The van der Waals surface area contributed by atoms with Crippen LogP contribution in [0.3, 0.4) is 0 Å². The Hall–Kier alpha value is -0.870. The fourth-order valence-electron chi connectivity index (χ4n) is 2.09. The van der Waals surface area contributed by atoms with E-state index in [1.54, 1.807) is 13.0 Å². The van der Waals surface area contributed by atoms with Crippen molar-refractivity contribution in [3.63, 3.8) is 0 Å². The van der Waals surface area contributed by atoms with Gasteiger partial charge >= 0.3 is 0 Å². The number of piperidine rings is 1. The van der Waals surface area contributed by atoms with E-state index in [0.717, 1.165) is 25.1 Å². The lowest BCUT2D eigenvalue weighted by Crippen LogP contribution is -2.38. The molecule has 1 atom stereocenters. The van der Waals surface area contributed by atoms with Gasteiger partial charge < -0.3 is 4.90 Å². The van der Waals surface area contributed by atoms with E-state index in [9.17, 15) is 4.79 Å². The van der Waals surface area contributed by atoms with Gasteiger partial charge in [0.25, 0.3) is 0 Å². The molecule has 0 N–H and O–H groups in total. The van der Waals surface area contributed by atoms with Gasteiger partial charge in [-0.15, -0.1) is 10.2 Å². The summed E-state index contributed by atoms with van der Waals surface area (Å²) in [5.74, 6) is 0.297. The van der Waals surface area contributed by atoms with Crippen molar-refractivity contribution in [3.8, 4) is 0 Å². The quantitative estimate of drug-likeness (QED) is 0.831. The van der Waals surface area contributed by atoms with Gasteiger partial charge in [-0.25, -0.2) is 0 Å². The van der Waals surface area contributed by atoms with Crippen LogP contribution in [0.25, 0.3) is 0 Å². The molecule has 0 aromatic carbocycles. The number of carbonyl (C=O) groups is 1. The molecule has 0 spiro atoms. The zero-order chi connectivity index (χ0) is 12.4. The molecule has 0 radical (unpaired) electrons. The second-order valence-electron chi connectivity index (χ2n) is 4.24. The van der Waals surface area contributed by atoms with Gasteiger partial charge in [0.15, 0.2) is 10.3 Å². The molecule has 0 amide bonds. The topological polar surface area (TPSA) is 46.1 Å². The normalized spacial score (nSPS) is 20.4. The van der Waals surface area contributed by atoms with E-state index in [-0.39, 0.29) is 11.7 Å². The van der Waals surface area contributed by atoms with Gasteiger partial charge in [0.05, 0.1) is 5.69 Å². The van der Waals surface area contributed by atoms with Gasteiger partial charge in [-0.05, 0) is 19.8 Å². The van der Waals surface area contributed by atoms with E-state index >= 15 is 0 Å². The van der Waals surface area contributed by atoms with Crippen LogP contribution in [0.15, 0.2) is 6.07 Å². The second kappa shape index (κ2) is 5.19. The summed E-state index contributed by atoms with van der Waals surface area (Å²) in [6, 6.07) is 1.69. The van der Waals surface area contributed by atoms with E-state index in [1.165, 1.54) is 0 Å². The summed E-state index contributed by atoms with van der Waals surface area (Å²) in [6.07, 6.45) is 1.91. The molecule has 1 aromatic heterocycles. The third kappa shape index (κ3) is 2.87. The lowest BCUT2D eigenvalue weighted by Gasteiger charge is -2.33. The first-order valence-electron chi connectivity index (χ1n) is 5.52. The minimum atomic E-state index is 0.0757. The molecule has 1 aliphatic heterocycles. The molecule has 1 fully saturated rings. The van der Waals surface area contributed by atoms with Crippen molar-refractivity contribution in [3.05, 3.63) is 16.4 Å². The highest BCUT2D eigenvalue weighted by atomic mass is 35.5. The predicted molar refractivity (Wildman–Crippen MR) is 67.7 cm³/mol. The van der Waals surface area contributed by atoms with Gasteiger partial charge in [-0.2, -0.15) is 0 Å². The molecule has 4 nitrogen and oxygen atoms in total. The molecule has 0 bridgehead atoms. The molecule has 6 heteroatoms. The van der Waals surface area contributed by atoms with Crippen LogP contribution in [0.2, 0.25) is 10.3 Å². The molecule has 1 saturated heterocycles. The van der Waals surface area contributed by atoms with E-state index in [2.05, 4.69) is 15.1 Å². The zero-order valence-electron chi connectivity index (χ0n) is 9.49. The first-order chi connectivity index (χ1) is 8.08. The number of Topliss-reactive ketones (excluding diaryl/α,β-unsaturated/α-hetero) is 1. The Kier molecular flexibility index (Phi) is 3.84. The van der Waals surface area contributed by atoms with Crippen molar-refractivity contribution in [2.24, 2.45) is 5.92 Å². The molecular weight excluding hydrogens is 261 g/mol. The van der Waals surface area contributed by atoms with Crippen LogP contribution >= 0.6 is 23.2 Å². The first-order valence-corrected chi connectivity index (χ1v) is 6.27. The zero-order valence-corrected chi connectivity index (χ0v) is 11.0. The average molecular weight is 274 g/mol. The van der Waals surface area contributed by atoms with Crippen LogP contribution in [0.5, 0.6) is 0 Å². The van der Waals surface area contributed by atoms with Gasteiger partial charge in [-0.3, -0.25) is 4.79 Å². The highest BCUT2D eigenvalue weighted by Gasteiger charge is 2.25. The number of carbonyl (C=O) groups excluding carboxylic acids is 1. The van der Waals surface area contributed by atoms with Crippen LogP contribution in [-0.2, 0) is 4.79 Å². The van der Waals surface area contributed by atoms with Gasteiger partial charge in [-0.1, -0.05) is 23.2 Å². The summed E-state index contributed by atoms with van der Waals surface area (Å²) in [7, 11) is 0. The predicted octanol–water partition coefficient (Wildman–Crippen LogP) is 2.59. The van der Waals surface area contributed by atoms with Crippen LogP contribution in [0.4, 0.5) is 5.69 Å². The molecule has 92 valence electrons. The summed E-state index contributed by atoms with van der Waals surface area (Å²) in [6.45, 7) is 3.18. The van der Waals surface area contributed by atoms with Gasteiger partial charge in [0.2, 0.25) is 0 Å². The Morgan fingerprint density at radius 3 is 2.94 bits per heavy atom. The molecule has 1 aliphatic rings. The van der Waals surface area contributed by atoms with E-state index in [4.69, 9.17) is 23.2 Å². The Morgan fingerprint density at radius 1 is 1.47 bits per heavy atom. The lowest BCUT2D eigenvalue weighted by molar-refractivity contribution is -0.120. The van der Waals surface area contributed by atoms with Crippen LogP contribution in [0, 0.1) is 5.92 Å². The molecule has 2 rings (SSSR count). The average Bonchev–Trinajstić information content (AvgIpc) is 2.32. The number of aromatic nitrogens is 2. The Morgan fingerprint density at radius 2 is 2.24 bits per heavy atom. The van der Waals surface area contributed by atoms with Crippen molar-refractivity contribution >= 4 is 34.7 Å². The lowest BCUT2D eigenvalue weighted by atomic mass is 9.94. The fourth-order valence-corrected chi connectivity index (χ4v) is 2.45. The van der Waals surface area contributed by atoms with E-state index in [1.807, 2.05) is 0 Å². The van der Waals surface area contributed by atoms with Crippen molar-refractivity contribution in [1.29, 1.82) is 0 Å². The first kappa shape index (κ1) is 12.6. The third-order valence-electron chi connectivity index (χ3n) is 3.04. The minimum Gasteiger partial charge on any atom is -0.368 e. The SMILES string of the molecule is CC(=O)C1CCCN(c2cc(Cl)nnc2Cl)C1. The highest BCUT2D eigenvalue weighted by Crippen LogP contribution is 2.29. The molecule has 17 heavy (non-hydrogen) atoms. The number of hydrogen-bond donors (Lipinski definition) is 0. The third-order valence-corrected chi connectivity index (χ3v) is 3.49. The fraction of sp³-hybridized carbons (Fsp3) is 0.545. The maximum atomic E-state index is 11.4. The molecular formula is C11H13Cl2N3O. The molecule has 0 aliphatic carbocycles. The molecule has 1 aromatic rings. The summed E-state index contributed by atoms with van der Waals surface area (Å²) in [5, 5.41) is 8.11. The van der Waals surface area contributed by atoms with Crippen molar-refractivity contribution in [2.75, 3.05) is 18.0 Å². The molecule has 1 unspecified atom stereocenters. The number of nitrogens with zero attached hydrogens (tertiary/aromatic N) is 3. The summed E-state index contributed by atoms with van der Waals surface area (Å²) < 4.78 is 0. The summed E-state index contributed by atoms with van der Waals surface area (Å²) >= 11 is 11.8. The van der Waals surface area contributed by atoms with Crippen LogP contribution < -0.4 is 4.90 Å². The maximum absolute atomic E-state index is 11.4. The van der Waals surface area contributed by atoms with Crippen molar-refractivity contribution < 1.29 is 4.79 Å². The largest absolute Gasteiger partial charge is 0.368 e. The van der Waals surface area contributed by atoms with Crippen LogP contribution in [-0.4, -0.2) is 29.1 Å². The van der Waals surface area contributed by atoms with E-state index < -0.39 is 0 Å². The number of rotatable bonds is 2. The standard InChI is InChI=1S/C11H13Cl2N3O/c1-7(17)8-3-2-4-16(6-8)9-5-10(12)14-15-11(9)13/h5,8H,2-4,6H2,1H3. The summed E-state index contributed by atoms with van der Waals surface area (Å²) in [5.41, 5.74) is 0.762. The Bertz CT molecular complexity index is 439. The smallest absolute Gasteiger partial charge is 0.175 e. The number of ketones is 1. The van der Waals surface area contributed by atoms with Crippen molar-refractivity contribution in [1.82, 2.24) is 10.2 Å². The van der Waals surface area contributed by atoms with E-state index in [0.29, 0.717) is 16.9 Å². The monoisotopic (exact) mass is 273 g/mol. The minimum absolute atomic E-state index is 0.0757. The highest BCUT2D eigenvalue weighted by molar-refractivity contribution is 6.33. The Labute approximate surface area is 110 Å². The van der Waals surface area contributed by atoms with Crippen LogP contribution in [0.1, 0.15) is 19.8 Å². The van der Waals surface area contributed by atoms with Crippen molar-refractivity contribution in [2.45, 2.75) is 19.8 Å². The summed E-state index contributed by atoms with van der Waals surface area (Å²) in [4.78, 5) is 13.5. The number of anilines is 1. The Balaban J connectivity index is 2.21. The second-order valence-corrected chi connectivity index (χ2v) is 4.98. The number of halogens is 2. The molecule has 2 heterocycles. The maximum Gasteiger partial charge on any atom is 0.175 e.